The summed E-state index contributed by atoms with van der Waals surface area (Å²) in [4.78, 5) is 4.33. The molecule has 1 aliphatic heterocycles. The lowest BCUT2D eigenvalue weighted by molar-refractivity contribution is 0.106. The minimum absolute atomic E-state index is 0.376. The van der Waals surface area contributed by atoms with Crippen LogP contribution in [0.3, 0.4) is 0 Å². The summed E-state index contributed by atoms with van der Waals surface area (Å²) in [5.41, 5.74) is 7.09. The van der Waals surface area contributed by atoms with Crippen LogP contribution in [0.15, 0.2) is 29.3 Å². The summed E-state index contributed by atoms with van der Waals surface area (Å²) in [5.74, 6) is 1.39. The molecular weight excluding hydrogens is 266 g/mol. The number of rotatable bonds is 7. The Morgan fingerprint density at radius 3 is 2.90 bits per heavy atom. The molecule has 5 heteroatoms. The summed E-state index contributed by atoms with van der Waals surface area (Å²) in [6.07, 6.45) is 4.57. The molecule has 1 aliphatic rings. The highest BCUT2D eigenvalue weighted by Gasteiger charge is 2.14. The number of guanidine groups is 1. The molecule has 0 bridgehead atoms. The van der Waals surface area contributed by atoms with Gasteiger partial charge in [-0.1, -0.05) is 12.1 Å². The minimum atomic E-state index is 0.376. The van der Waals surface area contributed by atoms with E-state index in [0.29, 0.717) is 12.1 Å². The van der Waals surface area contributed by atoms with Gasteiger partial charge in [0.05, 0.1) is 13.2 Å². The van der Waals surface area contributed by atoms with E-state index in [0.717, 1.165) is 44.7 Å². The Hall–Kier alpha value is -1.75. The molecular formula is C16H25N3O2. The van der Waals surface area contributed by atoms with Crippen LogP contribution in [0.25, 0.3) is 0 Å². The van der Waals surface area contributed by atoms with Crippen molar-refractivity contribution in [3.8, 4) is 5.75 Å². The Bertz CT molecular complexity index is 439. The zero-order valence-electron chi connectivity index (χ0n) is 12.7. The van der Waals surface area contributed by atoms with Gasteiger partial charge in [0.25, 0.3) is 0 Å². The number of methoxy groups -OCH3 is 1. The van der Waals surface area contributed by atoms with Crippen molar-refractivity contribution in [2.24, 2.45) is 10.7 Å². The normalized spacial score (nSPS) is 18.7. The highest BCUT2D eigenvalue weighted by Crippen LogP contribution is 2.14. The van der Waals surface area contributed by atoms with Gasteiger partial charge in [-0.25, -0.2) is 0 Å². The van der Waals surface area contributed by atoms with Crippen LogP contribution in [-0.2, 0) is 11.2 Å². The molecule has 21 heavy (non-hydrogen) atoms. The van der Waals surface area contributed by atoms with Crippen LogP contribution >= 0.6 is 0 Å². The zero-order chi connectivity index (χ0) is 14.9. The fourth-order valence-electron chi connectivity index (χ4n) is 2.38. The van der Waals surface area contributed by atoms with E-state index in [1.165, 1.54) is 12.0 Å². The average Bonchev–Trinajstić information content (AvgIpc) is 3.01. The van der Waals surface area contributed by atoms with E-state index in [1.807, 2.05) is 12.1 Å². The first-order chi connectivity index (χ1) is 10.3. The molecule has 0 amide bonds. The fourth-order valence-corrected chi connectivity index (χ4v) is 2.38. The summed E-state index contributed by atoms with van der Waals surface area (Å²) in [7, 11) is 1.67. The van der Waals surface area contributed by atoms with E-state index >= 15 is 0 Å². The van der Waals surface area contributed by atoms with Crippen LogP contribution < -0.4 is 15.8 Å². The smallest absolute Gasteiger partial charge is 0.188 e. The van der Waals surface area contributed by atoms with Gasteiger partial charge >= 0.3 is 0 Å². The molecule has 3 N–H and O–H groups in total. The summed E-state index contributed by atoms with van der Waals surface area (Å²) in [6.45, 7) is 2.40. The standard InChI is InChI=1S/C16H25N3O2/c1-20-14-6-4-13(5-7-14)8-10-18-16(17)19-11-9-15-3-2-12-21-15/h4-7,15H,2-3,8-12H2,1H3,(H3,17,18,19)/t15-/m1/s1. The quantitative estimate of drug-likeness (QED) is 0.593. The Morgan fingerprint density at radius 2 is 2.24 bits per heavy atom. The molecule has 0 radical (unpaired) electrons. The van der Waals surface area contributed by atoms with E-state index in [-0.39, 0.29) is 0 Å². The molecule has 0 aliphatic carbocycles. The largest absolute Gasteiger partial charge is 0.497 e. The van der Waals surface area contributed by atoms with Gasteiger partial charge in [-0.15, -0.1) is 0 Å². The predicted octanol–water partition coefficient (Wildman–Crippen LogP) is 1.71. The van der Waals surface area contributed by atoms with Crippen molar-refractivity contribution < 1.29 is 9.47 Å². The predicted molar refractivity (Wildman–Crippen MR) is 84.8 cm³/mol. The second-order valence-electron chi connectivity index (χ2n) is 5.22. The summed E-state index contributed by atoms with van der Waals surface area (Å²) >= 11 is 0. The van der Waals surface area contributed by atoms with Crippen molar-refractivity contribution in [3.63, 3.8) is 0 Å². The zero-order valence-corrected chi connectivity index (χ0v) is 12.7. The Labute approximate surface area is 126 Å². The number of aliphatic imine (C=N–C) groups is 1. The lowest BCUT2D eigenvalue weighted by Crippen LogP contribution is -2.33. The van der Waals surface area contributed by atoms with Gasteiger partial charge in [-0.3, -0.25) is 4.99 Å². The summed E-state index contributed by atoms with van der Waals surface area (Å²) < 4.78 is 10.7. The third kappa shape index (κ3) is 5.63. The molecule has 1 aromatic rings. The lowest BCUT2D eigenvalue weighted by Gasteiger charge is -2.08. The lowest BCUT2D eigenvalue weighted by atomic mass is 10.1. The number of nitrogens with one attached hydrogen (secondary N) is 1. The Kier molecular flexibility index (Phi) is 6.34. The van der Waals surface area contributed by atoms with Gasteiger partial charge in [0.1, 0.15) is 5.75 Å². The number of benzene rings is 1. The van der Waals surface area contributed by atoms with Gasteiger partial charge in [-0.2, -0.15) is 0 Å². The SMILES string of the molecule is COc1ccc(CCNC(N)=NCC[C@H]2CCCO2)cc1. The summed E-state index contributed by atoms with van der Waals surface area (Å²) in [5, 5.41) is 3.14. The van der Waals surface area contributed by atoms with Gasteiger partial charge in [0, 0.05) is 19.7 Å². The van der Waals surface area contributed by atoms with Crippen molar-refractivity contribution in [3.05, 3.63) is 29.8 Å². The molecule has 1 aromatic carbocycles. The van der Waals surface area contributed by atoms with Crippen molar-refractivity contribution in [1.29, 1.82) is 0 Å². The summed E-state index contributed by atoms with van der Waals surface area (Å²) in [6, 6.07) is 8.05. The van der Waals surface area contributed by atoms with Crippen LogP contribution in [0, 0.1) is 0 Å². The van der Waals surface area contributed by atoms with Crippen LogP contribution in [0.4, 0.5) is 0 Å². The van der Waals surface area contributed by atoms with Gasteiger partial charge in [0.2, 0.25) is 0 Å². The van der Waals surface area contributed by atoms with E-state index in [9.17, 15) is 0 Å². The highest BCUT2D eigenvalue weighted by molar-refractivity contribution is 5.77. The number of hydrogen-bond donors (Lipinski definition) is 2. The second kappa shape index (κ2) is 8.52. The molecule has 5 nitrogen and oxygen atoms in total. The molecule has 1 heterocycles. The number of hydrogen-bond acceptors (Lipinski definition) is 3. The Balaban J connectivity index is 1.62. The van der Waals surface area contributed by atoms with Crippen LogP contribution in [0.5, 0.6) is 5.75 Å². The molecule has 1 atom stereocenters. The first-order valence-corrected chi connectivity index (χ1v) is 7.56. The van der Waals surface area contributed by atoms with Gasteiger partial charge < -0.3 is 20.5 Å². The third-order valence-electron chi connectivity index (χ3n) is 3.64. The first kappa shape index (κ1) is 15.6. The fraction of sp³-hybridized carbons (Fsp3) is 0.562. The van der Waals surface area contributed by atoms with E-state index < -0.39 is 0 Å². The number of ether oxygens (including phenoxy) is 2. The monoisotopic (exact) mass is 291 g/mol. The topological polar surface area (TPSA) is 68.9 Å². The van der Waals surface area contributed by atoms with E-state index in [2.05, 4.69) is 22.4 Å². The van der Waals surface area contributed by atoms with Crippen LogP contribution in [0.1, 0.15) is 24.8 Å². The third-order valence-corrected chi connectivity index (χ3v) is 3.64. The molecule has 0 unspecified atom stereocenters. The van der Waals surface area contributed by atoms with Crippen molar-refractivity contribution >= 4 is 5.96 Å². The maximum absolute atomic E-state index is 5.85. The second-order valence-corrected chi connectivity index (χ2v) is 5.22. The maximum atomic E-state index is 5.85. The van der Waals surface area contributed by atoms with Crippen molar-refractivity contribution in [2.45, 2.75) is 31.8 Å². The molecule has 2 rings (SSSR count). The molecule has 116 valence electrons. The van der Waals surface area contributed by atoms with Gasteiger partial charge in [-0.05, 0) is 43.4 Å². The Morgan fingerprint density at radius 1 is 1.43 bits per heavy atom. The number of nitrogens with two attached hydrogens (primary N) is 1. The van der Waals surface area contributed by atoms with Gasteiger partial charge in [0.15, 0.2) is 5.96 Å². The number of nitrogens with zero attached hydrogens (tertiary/aromatic N) is 1. The van der Waals surface area contributed by atoms with Crippen LogP contribution in [-0.4, -0.2) is 38.9 Å². The molecule has 0 saturated carbocycles. The molecule has 1 fully saturated rings. The minimum Gasteiger partial charge on any atom is -0.497 e. The van der Waals surface area contributed by atoms with E-state index in [1.54, 1.807) is 7.11 Å². The van der Waals surface area contributed by atoms with Crippen LogP contribution in [0.2, 0.25) is 0 Å². The molecule has 1 saturated heterocycles. The molecule has 0 aromatic heterocycles. The van der Waals surface area contributed by atoms with Crippen molar-refractivity contribution in [2.75, 3.05) is 26.8 Å². The first-order valence-electron chi connectivity index (χ1n) is 7.56. The average molecular weight is 291 g/mol. The van der Waals surface area contributed by atoms with Crippen molar-refractivity contribution in [1.82, 2.24) is 5.32 Å². The molecule has 0 spiro atoms. The van der Waals surface area contributed by atoms with E-state index in [4.69, 9.17) is 15.2 Å². The highest BCUT2D eigenvalue weighted by atomic mass is 16.5. The maximum Gasteiger partial charge on any atom is 0.188 e.